The summed E-state index contributed by atoms with van der Waals surface area (Å²) in [5.41, 5.74) is 0. The lowest BCUT2D eigenvalue weighted by Gasteiger charge is -2.17. The maximum atomic E-state index is 12.4. The molecule has 4 heterocycles. The maximum Gasteiger partial charge on any atom is 0.417 e. The number of rotatable bonds is 14. The van der Waals surface area contributed by atoms with Crippen molar-refractivity contribution in [1.82, 2.24) is 9.80 Å². The predicted molar refractivity (Wildman–Crippen MR) is 175 cm³/mol. The van der Waals surface area contributed by atoms with Crippen molar-refractivity contribution in [3.8, 4) is 0 Å². The van der Waals surface area contributed by atoms with Gasteiger partial charge in [0.2, 0.25) is 0 Å². The van der Waals surface area contributed by atoms with Crippen LogP contribution in [0.15, 0.2) is 60.7 Å². The molecule has 10 heteroatoms. The normalized spacial score (nSPS) is 19.3. The number of nitrogens with zero attached hydrogens (tertiary/aromatic N) is 2. The van der Waals surface area contributed by atoms with E-state index < -0.39 is 11.9 Å². The first-order valence-electron chi connectivity index (χ1n) is 15.6. The quantitative estimate of drug-likeness (QED) is 0.107. The van der Waals surface area contributed by atoms with E-state index in [2.05, 4.69) is 70.5 Å². The number of esters is 2. The van der Waals surface area contributed by atoms with Gasteiger partial charge in [-0.1, -0.05) is 36.4 Å². The topological polar surface area (TPSA) is 77.5 Å². The summed E-state index contributed by atoms with van der Waals surface area (Å²) in [7, 11) is 0. The van der Waals surface area contributed by atoms with E-state index >= 15 is 0 Å². The highest BCUT2D eigenvalue weighted by molar-refractivity contribution is 7.19. The van der Waals surface area contributed by atoms with Gasteiger partial charge in [-0.15, -0.1) is 22.7 Å². The molecule has 2 unspecified atom stereocenters. The molecule has 0 spiro atoms. The van der Waals surface area contributed by atoms with Crippen molar-refractivity contribution in [3.63, 3.8) is 0 Å². The zero-order chi connectivity index (χ0) is 30.1. The molecule has 8 nitrogen and oxygen atoms in total. The summed E-state index contributed by atoms with van der Waals surface area (Å²) in [4.78, 5) is 31.9. The third-order valence-corrected chi connectivity index (χ3v) is 10.6. The molecule has 2 saturated heterocycles. The standard InChI is InChI=1S/C34H40N2O6S2/c37-33(41-27-9-13-35(23-27)15-19-39-17-11-29-21-25-5-1-3-7-31(25)43-29)34(38)42-28-10-14-36(24-28)16-20-40-18-12-30-22-26-6-2-4-8-32(26)44-30/h1-8,21-22,27-28H,9-20,23-24H2. The number of ether oxygens (including phenoxy) is 4. The van der Waals surface area contributed by atoms with Gasteiger partial charge in [0.15, 0.2) is 0 Å². The van der Waals surface area contributed by atoms with Crippen LogP contribution in [0.4, 0.5) is 0 Å². The van der Waals surface area contributed by atoms with Crippen molar-refractivity contribution in [2.75, 3.05) is 65.7 Å². The van der Waals surface area contributed by atoms with Crippen LogP contribution in [0.3, 0.4) is 0 Å². The van der Waals surface area contributed by atoms with Crippen LogP contribution in [0.2, 0.25) is 0 Å². The molecule has 0 bridgehead atoms. The maximum absolute atomic E-state index is 12.4. The van der Waals surface area contributed by atoms with Gasteiger partial charge in [-0.3, -0.25) is 9.80 Å². The molecule has 234 valence electrons. The second kappa shape index (κ2) is 15.4. The van der Waals surface area contributed by atoms with Gasteiger partial charge < -0.3 is 18.9 Å². The Bertz CT molecular complexity index is 1360. The van der Waals surface area contributed by atoms with Crippen LogP contribution in [0.25, 0.3) is 20.2 Å². The molecular formula is C34H40N2O6S2. The fourth-order valence-electron chi connectivity index (χ4n) is 5.85. The molecule has 6 rings (SSSR count). The first-order chi connectivity index (χ1) is 21.6. The molecule has 2 aromatic carbocycles. The van der Waals surface area contributed by atoms with Crippen LogP contribution in [0.5, 0.6) is 0 Å². The van der Waals surface area contributed by atoms with Crippen LogP contribution >= 0.6 is 22.7 Å². The van der Waals surface area contributed by atoms with Crippen LogP contribution < -0.4 is 0 Å². The summed E-state index contributed by atoms with van der Waals surface area (Å²) in [6.07, 6.45) is 2.64. The molecule has 2 fully saturated rings. The monoisotopic (exact) mass is 636 g/mol. The Kier molecular flexibility index (Phi) is 10.9. The number of likely N-dealkylation sites (tertiary alicyclic amines) is 2. The smallest absolute Gasteiger partial charge is 0.417 e. The lowest BCUT2D eigenvalue weighted by molar-refractivity contribution is -0.173. The van der Waals surface area contributed by atoms with Crippen LogP contribution in [-0.2, 0) is 41.4 Å². The second-order valence-corrected chi connectivity index (χ2v) is 13.8. The third-order valence-electron chi connectivity index (χ3n) is 8.21. The molecular weight excluding hydrogens is 597 g/mol. The number of carbonyl (C=O) groups is 2. The minimum Gasteiger partial charge on any atom is -0.453 e. The third kappa shape index (κ3) is 8.65. The van der Waals surface area contributed by atoms with Crippen LogP contribution in [0.1, 0.15) is 22.6 Å². The molecule has 0 amide bonds. The molecule has 0 aliphatic carbocycles. The second-order valence-electron chi connectivity index (χ2n) is 11.5. The van der Waals surface area contributed by atoms with E-state index in [4.69, 9.17) is 18.9 Å². The molecule has 44 heavy (non-hydrogen) atoms. The largest absolute Gasteiger partial charge is 0.453 e. The number of carbonyl (C=O) groups excluding carboxylic acids is 2. The molecule has 2 aromatic heterocycles. The summed E-state index contributed by atoms with van der Waals surface area (Å²) in [5, 5.41) is 2.57. The van der Waals surface area contributed by atoms with Crippen molar-refractivity contribution >= 4 is 54.8 Å². The van der Waals surface area contributed by atoms with Crippen LogP contribution in [-0.4, -0.2) is 99.6 Å². The van der Waals surface area contributed by atoms with Gasteiger partial charge in [-0.2, -0.15) is 0 Å². The SMILES string of the molecule is O=C(OC1CCN(CCOCCc2cc3ccccc3s2)C1)C(=O)OC1CCN(CCOCCc2cc3ccccc3s2)C1. The summed E-state index contributed by atoms with van der Waals surface area (Å²) < 4.78 is 25.3. The van der Waals surface area contributed by atoms with Crippen molar-refractivity contribution in [2.24, 2.45) is 0 Å². The first kappa shape index (κ1) is 31.1. The molecule has 0 saturated carbocycles. The zero-order valence-corrected chi connectivity index (χ0v) is 26.6. The average molecular weight is 637 g/mol. The molecule has 0 N–H and O–H groups in total. The lowest BCUT2D eigenvalue weighted by atomic mass is 10.2. The minimum atomic E-state index is -0.889. The van der Waals surface area contributed by atoms with Gasteiger partial charge >= 0.3 is 11.9 Å². The summed E-state index contributed by atoms with van der Waals surface area (Å²) in [6, 6.07) is 21.3. The van der Waals surface area contributed by atoms with Crippen molar-refractivity contribution < 1.29 is 28.5 Å². The van der Waals surface area contributed by atoms with E-state index in [0.29, 0.717) is 52.4 Å². The van der Waals surface area contributed by atoms with E-state index in [9.17, 15) is 9.59 Å². The molecule has 2 aliphatic heterocycles. The van der Waals surface area contributed by atoms with Crippen molar-refractivity contribution in [3.05, 3.63) is 70.4 Å². The Morgan fingerprint density at radius 2 is 1.11 bits per heavy atom. The number of thiophene rings is 2. The Hall–Kier alpha value is -2.86. The Labute approximate surface area is 266 Å². The highest BCUT2D eigenvalue weighted by atomic mass is 32.1. The number of fused-ring (bicyclic) bond motifs is 2. The van der Waals surface area contributed by atoms with Crippen molar-refractivity contribution in [2.45, 2.75) is 37.9 Å². The van der Waals surface area contributed by atoms with Gasteiger partial charge in [0.05, 0.1) is 26.4 Å². The Balaban J connectivity index is 0.797. The predicted octanol–water partition coefficient (Wildman–Crippen LogP) is 5.17. The highest BCUT2D eigenvalue weighted by Gasteiger charge is 2.32. The van der Waals surface area contributed by atoms with E-state index in [1.807, 2.05) is 22.7 Å². The summed E-state index contributed by atoms with van der Waals surface area (Å²) >= 11 is 3.64. The first-order valence-corrected chi connectivity index (χ1v) is 17.2. The van der Waals surface area contributed by atoms with E-state index in [-0.39, 0.29) is 12.2 Å². The van der Waals surface area contributed by atoms with E-state index in [0.717, 1.165) is 39.0 Å². The molecule has 4 aromatic rings. The average Bonchev–Trinajstić information content (AvgIpc) is 3.83. The Morgan fingerprint density at radius 1 is 0.659 bits per heavy atom. The van der Waals surface area contributed by atoms with Gasteiger partial charge in [-0.05, 0) is 47.9 Å². The van der Waals surface area contributed by atoms with E-state index in [1.54, 1.807) is 0 Å². The van der Waals surface area contributed by atoms with Gasteiger partial charge in [0.25, 0.3) is 0 Å². The number of benzene rings is 2. The zero-order valence-electron chi connectivity index (χ0n) is 25.0. The Morgan fingerprint density at radius 3 is 1.57 bits per heavy atom. The number of hydrogen-bond acceptors (Lipinski definition) is 10. The van der Waals surface area contributed by atoms with Crippen molar-refractivity contribution in [1.29, 1.82) is 0 Å². The summed E-state index contributed by atoms with van der Waals surface area (Å²) in [5.74, 6) is -1.78. The van der Waals surface area contributed by atoms with Gasteiger partial charge in [0.1, 0.15) is 12.2 Å². The van der Waals surface area contributed by atoms with E-state index in [1.165, 1.54) is 29.9 Å². The fourth-order valence-corrected chi connectivity index (χ4v) is 7.94. The highest BCUT2D eigenvalue weighted by Crippen LogP contribution is 2.26. The molecule has 0 radical (unpaired) electrons. The lowest BCUT2D eigenvalue weighted by Crippen LogP contribution is -2.33. The van der Waals surface area contributed by atoms with Gasteiger partial charge in [0, 0.05) is 71.3 Å². The van der Waals surface area contributed by atoms with Crippen LogP contribution in [0, 0.1) is 0 Å². The molecule has 2 atom stereocenters. The minimum absolute atomic E-state index is 0.293. The molecule has 2 aliphatic rings. The number of hydrogen-bond donors (Lipinski definition) is 0. The summed E-state index contributed by atoms with van der Waals surface area (Å²) in [6.45, 7) is 7.03. The van der Waals surface area contributed by atoms with Gasteiger partial charge in [-0.25, -0.2) is 9.59 Å². The fraction of sp³-hybridized carbons (Fsp3) is 0.471.